The van der Waals surface area contributed by atoms with Crippen LogP contribution in [0.2, 0.25) is 5.02 Å². The third-order valence-corrected chi connectivity index (χ3v) is 6.17. The van der Waals surface area contributed by atoms with Crippen molar-refractivity contribution in [3.63, 3.8) is 0 Å². The fraction of sp³-hybridized carbons (Fsp3) is 0.269. The molecule has 2 aromatic carbocycles. The van der Waals surface area contributed by atoms with Crippen LogP contribution in [0.25, 0.3) is 22.2 Å². The van der Waals surface area contributed by atoms with Gasteiger partial charge in [-0.2, -0.15) is 0 Å². The van der Waals surface area contributed by atoms with Crippen molar-refractivity contribution in [3.05, 3.63) is 70.4 Å². The predicted molar refractivity (Wildman–Crippen MR) is 135 cm³/mol. The van der Waals surface area contributed by atoms with Gasteiger partial charge in [-0.1, -0.05) is 24.9 Å². The van der Waals surface area contributed by atoms with Gasteiger partial charge in [-0.3, -0.25) is 0 Å². The van der Waals surface area contributed by atoms with E-state index in [1.165, 1.54) is 19.5 Å². The lowest BCUT2D eigenvalue weighted by Crippen LogP contribution is -2.13. The van der Waals surface area contributed by atoms with Crippen molar-refractivity contribution < 1.29 is 19.0 Å². The molecule has 0 bridgehead atoms. The van der Waals surface area contributed by atoms with Crippen LogP contribution in [0.3, 0.4) is 0 Å². The molecular weight excluding hydrogens is 471 g/mol. The maximum atomic E-state index is 14.7. The van der Waals surface area contributed by atoms with Gasteiger partial charge in [-0.25, -0.2) is 19.2 Å². The van der Waals surface area contributed by atoms with E-state index in [4.69, 9.17) is 16.3 Å². The second-order valence-corrected chi connectivity index (χ2v) is 8.65. The Bertz CT molecular complexity index is 1400. The number of carboxylic acids is 1. The molecule has 0 saturated heterocycles. The number of carbonyl (C=O) groups is 1. The number of aromatic nitrogens is 3. The molecule has 0 spiro atoms. The summed E-state index contributed by atoms with van der Waals surface area (Å²) in [6, 6.07) is 10.4. The number of nitrogens with zero attached hydrogens (tertiary/aromatic N) is 3. The third kappa shape index (κ3) is 5.07. The molecule has 0 aliphatic heterocycles. The van der Waals surface area contributed by atoms with Crippen molar-refractivity contribution in [3.8, 4) is 17.0 Å². The summed E-state index contributed by atoms with van der Waals surface area (Å²) in [6.45, 7) is 4.95. The monoisotopic (exact) mass is 496 g/mol. The largest absolute Gasteiger partial charge is 0.497 e. The second kappa shape index (κ2) is 10.3. The number of methoxy groups -OCH3 is 1. The molecule has 0 aliphatic rings. The van der Waals surface area contributed by atoms with E-state index in [0.717, 1.165) is 23.1 Å². The van der Waals surface area contributed by atoms with Gasteiger partial charge in [0.2, 0.25) is 0 Å². The highest BCUT2D eigenvalue weighted by atomic mass is 35.5. The normalized spacial score (nSPS) is 11.1. The summed E-state index contributed by atoms with van der Waals surface area (Å²) in [5, 5.41) is 13.8. The summed E-state index contributed by atoms with van der Waals surface area (Å²) >= 11 is 6.31. The molecule has 9 heteroatoms. The van der Waals surface area contributed by atoms with E-state index in [0.29, 0.717) is 47.9 Å². The van der Waals surface area contributed by atoms with Crippen molar-refractivity contribution in [2.24, 2.45) is 0 Å². The van der Waals surface area contributed by atoms with Crippen molar-refractivity contribution >= 4 is 34.3 Å². The van der Waals surface area contributed by atoms with Crippen LogP contribution in [0.15, 0.2) is 42.7 Å². The average molecular weight is 497 g/mol. The summed E-state index contributed by atoms with van der Waals surface area (Å²) in [5.74, 6) is -0.293. The first-order valence-corrected chi connectivity index (χ1v) is 11.7. The number of ether oxygens (including phenoxy) is 1. The summed E-state index contributed by atoms with van der Waals surface area (Å²) < 4.78 is 21.8. The van der Waals surface area contributed by atoms with Crippen LogP contribution in [0.5, 0.6) is 5.75 Å². The quantitative estimate of drug-likeness (QED) is 0.297. The number of carboxylic acid groups (broad SMARTS) is 1. The highest BCUT2D eigenvalue weighted by Crippen LogP contribution is 2.30. The summed E-state index contributed by atoms with van der Waals surface area (Å²) in [7, 11) is 1.52. The van der Waals surface area contributed by atoms with Gasteiger partial charge in [0.25, 0.3) is 0 Å². The Labute approximate surface area is 207 Å². The Hall–Kier alpha value is -3.65. The molecule has 2 N–H and O–H groups in total. The number of fused-ring (bicyclic) bond motifs is 1. The average Bonchev–Trinajstić information content (AvgIpc) is 3.14. The first-order valence-electron chi connectivity index (χ1n) is 11.3. The lowest BCUT2D eigenvalue weighted by atomic mass is 9.98. The Balaban J connectivity index is 1.55. The molecule has 0 saturated carbocycles. The van der Waals surface area contributed by atoms with Crippen LogP contribution >= 0.6 is 11.6 Å². The topological polar surface area (TPSA) is 89.3 Å². The molecule has 0 atom stereocenters. The van der Waals surface area contributed by atoms with Gasteiger partial charge < -0.3 is 19.7 Å². The van der Waals surface area contributed by atoms with E-state index in [1.807, 2.05) is 36.6 Å². The first-order chi connectivity index (χ1) is 16.8. The summed E-state index contributed by atoms with van der Waals surface area (Å²) in [4.78, 5) is 20.3. The standard InChI is InChI=1S/C26H26ClFN4O3/c1-4-5-16-9-17(11-20(27)24(16)26(33)34)22-13-23(31-14-30-22)29-6-7-32-15(2)8-18-10-19(35-3)12-21(28)25(18)32/h8-14H,4-7H2,1-3H3,(H,33,34)(H,29,30,31). The smallest absolute Gasteiger partial charge is 0.337 e. The number of hydrogen-bond donors (Lipinski definition) is 2. The number of anilines is 1. The van der Waals surface area contributed by atoms with Crippen LogP contribution in [0.1, 0.15) is 35.0 Å². The number of benzene rings is 2. The number of halogens is 2. The Morgan fingerprint density at radius 3 is 2.71 bits per heavy atom. The number of nitrogens with one attached hydrogen (secondary N) is 1. The maximum absolute atomic E-state index is 14.7. The van der Waals surface area contributed by atoms with Crippen LogP contribution in [0.4, 0.5) is 10.2 Å². The van der Waals surface area contributed by atoms with Crippen molar-refractivity contribution in [1.82, 2.24) is 14.5 Å². The Morgan fingerprint density at radius 1 is 1.20 bits per heavy atom. The van der Waals surface area contributed by atoms with E-state index < -0.39 is 5.97 Å². The highest BCUT2D eigenvalue weighted by Gasteiger charge is 2.17. The zero-order valence-electron chi connectivity index (χ0n) is 19.7. The highest BCUT2D eigenvalue weighted by molar-refractivity contribution is 6.34. The molecule has 2 aromatic heterocycles. The minimum atomic E-state index is -1.04. The fourth-order valence-corrected chi connectivity index (χ4v) is 4.62. The fourth-order valence-electron chi connectivity index (χ4n) is 4.30. The molecule has 0 fully saturated rings. The van der Waals surface area contributed by atoms with Crippen molar-refractivity contribution in [1.29, 1.82) is 0 Å². The van der Waals surface area contributed by atoms with Crippen molar-refractivity contribution in [2.75, 3.05) is 19.0 Å². The zero-order chi connectivity index (χ0) is 25.1. The molecule has 7 nitrogen and oxygen atoms in total. The Morgan fingerprint density at radius 2 is 2.00 bits per heavy atom. The molecule has 0 unspecified atom stereocenters. The first kappa shape index (κ1) is 24.5. The van der Waals surface area contributed by atoms with Gasteiger partial charge in [0, 0.05) is 41.9 Å². The third-order valence-electron chi connectivity index (χ3n) is 5.87. The van der Waals surface area contributed by atoms with Gasteiger partial charge in [-0.05, 0) is 43.2 Å². The number of aryl methyl sites for hydroxylation is 2. The minimum absolute atomic E-state index is 0.129. The SMILES string of the molecule is CCCc1cc(-c2cc(NCCn3c(C)cc4cc(OC)cc(F)c43)ncn2)cc(Cl)c1C(=O)O. The Kier molecular flexibility index (Phi) is 7.21. The molecule has 0 aliphatic carbocycles. The predicted octanol–water partition coefficient (Wildman–Crippen LogP) is 5.97. The molecule has 4 rings (SSSR count). The molecule has 4 aromatic rings. The van der Waals surface area contributed by atoms with E-state index >= 15 is 0 Å². The second-order valence-electron chi connectivity index (χ2n) is 8.25. The molecule has 182 valence electrons. The number of hydrogen-bond acceptors (Lipinski definition) is 5. The van der Waals surface area contributed by atoms with Gasteiger partial charge in [0.05, 0.1) is 28.9 Å². The lowest BCUT2D eigenvalue weighted by Gasteiger charge is -2.13. The lowest BCUT2D eigenvalue weighted by molar-refractivity contribution is 0.0696. The van der Waals surface area contributed by atoms with Gasteiger partial charge in [0.15, 0.2) is 5.82 Å². The van der Waals surface area contributed by atoms with Crippen LogP contribution in [-0.2, 0) is 13.0 Å². The van der Waals surface area contributed by atoms with Gasteiger partial charge >= 0.3 is 5.97 Å². The van der Waals surface area contributed by atoms with Gasteiger partial charge in [0.1, 0.15) is 17.9 Å². The maximum Gasteiger partial charge on any atom is 0.337 e. The van der Waals surface area contributed by atoms with E-state index in [-0.39, 0.29) is 16.4 Å². The van der Waals surface area contributed by atoms with Gasteiger partial charge in [-0.15, -0.1) is 0 Å². The van der Waals surface area contributed by atoms with Crippen LogP contribution in [-0.4, -0.2) is 39.3 Å². The summed E-state index contributed by atoms with van der Waals surface area (Å²) in [5.41, 5.74) is 3.61. The van der Waals surface area contributed by atoms with Crippen molar-refractivity contribution in [2.45, 2.75) is 33.2 Å². The summed E-state index contributed by atoms with van der Waals surface area (Å²) in [6.07, 6.45) is 2.83. The number of aromatic carboxylic acids is 1. The zero-order valence-corrected chi connectivity index (χ0v) is 20.5. The van der Waals surface area contributed by atoms with E-state index in [1.54, 1.807) is 12.1 Å². The molecular formula is C26H26ClFN4O3. The van der Waals surface area contributed by atoms with E-state index in [2.05, 4.69) is 15.3 Å². The molecule has 2 heterocycles. The van der Waals surface area contributed by atoms with E-state index in [9.17, 15) is 14.3 Å². The molecule has 0 radical (unpaired) electrons. The minimum Gasteiger partial charge on any atom is -0.497 e. The van der Waals surface area contributed by atoms with Crippen LogP contribution < -0.4 is 10.1 Å². The van der Waals surface area contributed by atoms with Crippen LogP contribution in [0, 0.1) is 12.7 Å². The molecule has 35 heavy (non-hydrogen) atoms. The molecule has 0 amide bonds. The number of rotatable bonds is 9.